The third kappa shape index (κ3) is 7.11. The summed E-state index contributed by atoms with van der Waals surface area (Å²) in [5.41, 5.74) is 7.95. The standard InChI is InChI=1S/C30H32N2PS2.I3/c1-29(2,3)21-11-15-23(16-12-21)31-27(25-9-7-19-34-25)28(26-10-8-20-35-26)32(33-31)24-17-13-22(14-18-24)30(4,5)6;1-3-2/h7-20H,1-6H3;/q+1;-1. The molecule has 200 valence electrons. The van der Waals surface area contributed by atoms with E-state index in [-0.39, 0.29) is 10.8 Å². The zero-order chi connectivity index (χ0) is 27.5. The first-order valence-electron chi connectivity index (χ1n) is 12.3. The third-order valence-corrected chi connectivity index (χ3v) is 9.26. The van der Waals surface area contributed by atoms with Gasteiger partial charge in [0.15, 0.2) is 0 Å². The van der Waals surface area contributed by atoms with Crippen molar-refractivity contribution in [3.63, 3.8) is 0 Å². The molecule has 0 saturated heterocycles. The van der Waals surface area contributed by atoms with E-state index in [1.165, 1.54) is 43.6 Å². The van der Waals surface area contributed by atoms with Crippen LogP contribution in [0, 0.1) is 0 Å². The van der Waals surface area contributed by atoms with Gasteiger partial charge >= 0.3 is 59.0 Å². The van der Waals surface area contributed by atoms with Crippen molar-refractivity contribution < 1.29 is 17.6 Å². The van der Waals surface area contributed by atoms with Crippen LogP contribution in [0.4, 0.5) is 0 Å². The zero-order valence-electron chi connectivity index (χ0n) is 22.4. The average Bonchev–Trinajstić information content (AvgIpc) is 3.64. The Hall–Kier alpha value is -0.330. The van der Waals surface area contributed by atoms with Crippen LogP contribution < -0.4 is 17.6 Å². The molecule has 2 nitrogen and oxygen atoms in total. The Morgan fingerprint density at radius 3 is 1.63 bits per heavy atom. The number of benzene rings is 2. The molecule has 0 N–H and O–H groups in total. The number of aromatic nitrogens is 2. The van der Waals surface area contributed by atoms with Crippen LogP contribution in [0.2, 0.25) is 0 Å². The Labute approximate surface area is 266 Å². The summed E-state index contributed by atoms with van der Waals surface area (Å²) in [5.74, 6) is 0. The summed E-state index contributed by atoms with van der Waals surface area (Å²) >= 11 is 8.91. The maximum absolute atomic E-state index is 2.45. The maximum atomic E-state index is 2.45. The molecule has 3 heterocycles. The van der Waals surface area contributed by atoms with Crippen LogP contribution in [0.5, 0.6) is 0 Å². The molecule has 2 aromatic carbocycles. The van der Waals surface area contributed by atoms with Crippen LogP contribution in [0.15, 0.2) is 83.6 Å². The van der Waals surface area contributed by atoms with E-state index in [0.717, 1.165) is 8.51 Å². The van der Waals surface area contributed by atoms with Gasteiger partial charge in [-0.15, -0.1) is 22.7 Å². The molecular weight excluding hydrogens is 864 g/mol. The number of nitrogens with zero attached hydrogens (tertiary/aromatic N) is 2. The fourth-order valence-corrected chi connectivity index (χ4v) is 7.11. The molecule has 5 aromatic rings. The van der Waals surface area contributed by atoms with Crippen LogP contribution in [-0.4, -0.2) is 4.33 Å². The molecule has 0 radical (unpaired) electrons. The van der Waals surface area contributed by atoms with Crippen molar-refractivity contribution >= 4 is 68.4 Å². The quantitative estimate of drug-likeness (QED) is 0.161. The number of rotatable bonds is 4. The number of hydrogen-bond donors (Lipinski definition) is 0. The van der Waals surface area contributed by atoms with Gasteiger partial charge < -0.3 is 0 Å². The Morgan fingerprint density at radius 1 is 0.711 bits per heavy atom. The molecule has 0 unspecified atom stereocenters. The minimum atomic E-state index is 0.136. The number of thiophene rings is 2. The SMILES string of the molecule is CC(C)(C)c1ccc(-n2p[n+](-c3ccc(C(C)(C)C)cc3)c(-c3cccs3)c2-c2cccs2)cc1.I[I-]I. The second-order valence-corrected chi connectivity index (χ2v) is 30.1. The molecule has 0 amide bonds. The molecule has 0 saturated carbocycles. The molecule has 3 aromatic heterocycles. The Balaban J connectivity index is 0.00000107. The van der Waals surface area contributed by atoms with Crippen molar-refractivity contribution in [2.24, 2.45) is 0 Å². The van der Waals surface area contributed by atoms with Crippen LogP contribution in [0.25, 0.3) is 32.5 Å². The van der Waals surface area contributed by atoms with Gasteiger partial charge in [-0.1, -0.05) is 77.9 Å². The van der Waals surface area contributed by atoms with Gasteiger partial charge in [0, 0.05) is 0 Å². The van der Waals surface area contributed by atoms with E-state index in [4.69, 9.17) is 0 Å². The zero-order valence-corrected chi connectivity index (χ0v) is 31.4. The van der Waals surface area contributed by atoms with Gasteiger partial charge in [-0.05, 0) is 69.1 Å². The summed E-state index contributed by atoms with van der Waals surface area (Å²) in [6, 6.07) is 27.0. The fourth-order valence-electron chi connectivity index (χ4n) is 4.22. The molecule has 0 bridgehead atoms. The van der Waals surface area contributed by atoms with Crippen molar-refractivity contribution in [1.82, 2.24) is 4.33 Å². The Morgan fingerprint density at radius 2 is 1.18 bits per heavy atom. The normalized spacial score (nSPS) is 12.1. The summed E-state index contributed by atoms with van der Waals surface area (Å²) in [4.78, 5) is 2.57. The van der Waals surface area contributed by atoms with Crippen molar-refractivity contribution in [2.45, 2.75) is 52.4 Å². The summed E-state index contributed by atoms with van der Waals surface area (Å²) in [5, 5.41) is 4.35. The van der Waals surface area contributed by atoms with Gasteiger partial charge in [0.2, 0.25) is 11.4 Å². The molecule has 5 rings (SSSR count). The van der Waals surface area contributed by atoms with E-state index in [1.54, 1.807) is 22.7 Å². The Bertz CT molecular complexity index is 1330. The molecule has 0 spiro atoms. The fraction of sp³-hybridized carbons (Fsp3) is 0.267. The van der Waals surface area contributed by atoms with Crippen molar-refractivity contribution in [1.29, 1.82) is 0 Å². The first-order valence-corrected chi connectivity index (χ1v) is 27.4. The molecule has 38 heavy (non-hydrogen) atoms. The molecule has 0 atom stereocenters. The summed E-state index contributed by atoms with van der Waals surface area (Å²) < 4.78 is 4.90. The van der Waals surface area contributed by atoms with Crippen molar-refractivity contribution in [2.75, 3.05) is 0 Å². The molecular formula is C30H32I3N2PS2. The van der Waals surface area contributed by atoms with Gasteiger partial charge in [0.05, 0.1) is 9.75 Å². The first-order chi connectivity index (χ1) is 18.0. The number of hydrogen-bond acceptors (Lipinski definition) is 2. The number of halogens is 3. The average molecular weight is 896 g/mol. The van der Waals surface area contributed by atoms with Crippen molar-refractivity contribution in [3.8, 4) is 32.5 Å². The monoisotopic (exact) mass is 896 g/mol. The van der Waals surface area contributed by atoms with E-state index < -0.39 is 0 Å². The minimum absolute atomic E-state index is 0.136. The molecule has 8 heteroatoms. The molecule has 0 aliphatic heterocycles. The summed E-state index contributed by atoms with van der Waals surface area (Å²) in [6.07, 6.45) is 0. The molecule has 0 fully saturated rings. The van der Waals surface area contributed by atoms with Crippen molar-refractivity contribution in [3.05, 3.63) is 94.7 Å². The Kier molecular flexibility index (Phi) is 10.6. The van der Waals surface area contributed by atoms with E-state index >= 15 is 0 Å². The van der Waals surface area contributed by atoms with E-state index in [2.05, 4.69) is 171 Å². The summed E-state index contributed by atoms with van der Waals surface area (Å²) in [7, 11) is 1.11. The predicted octanol–water partition coefficient (Wildman–Crippen LogP) is 8.16. The van der Waals surface area contributed by atoms with Crippen LogP contribution >= 0.6 is 68.4 Å². The van der Waals surface area contributed by atoms with Gasteiger partial charge in [-0.25, -0.2) is 0 Å². The molecule has 0 aliphatic carbocycles. The van der Waals surface area contributed by atoms with E-state index in [0.29, 0.717) is 13.3 Å². The predicted molar refractivity (Wildman–Crippen MR) is 182 cm³/mol. The van der Waals surface area contributed by atoms with Gasteiger partial charge in [0.1, 0.15) is 11.4 Å². The van der Waals surface area contributed by atoms with E-state index in [1.807, 2.05) is 0 Å². The van der Waals surface area contributed by atoms with Gasteiger partial charge in [-0.3, -0.25) is 0 Å². The summed E-state index contributed by atoms with van der Waals surface area (Å²) in [6.45, 7) is 13.6. The van der Waals surface area contributed by atoms with E-state index in [9.17, 15) is 0 Å². The van der Waals surface area contributed by atoms with Gasteiger partial charge in [0.25, 0.3) is 0 Å². The van der Waals surface area contributed by atoms with Crippen LogP contribution in [-0.2, 0) is 10.8 Å². The second kappa shape index (κ2) is 13.1. The second-order valence-electron chi connectivity index (χ2n) is 11.0. The van der Waals surface area contributed by atoms with Crippen LogP contribution in [0.1, 0.15) is 52.7 Å². The first kappa shape index (κ1) is 30.6. The van der Waals surface area contributed by atoms with Gasteiger partial charge in [-0.2, -0.15) is 8.66 Å². The third-order valence-electron chi connectivity index (χ3n) is 6.29. The molecule has 0 aliphatic rings. The topological polar surface area (TPSA) is 8.81 Å². The van der Waals surface area contributed by atoms with Crippen LogP contribution in [0.3, 0.4) is 0 Å².